The predicted molar refractivity (Wildman–Crippen MR) is 95.1 cm³/mol. The molecule has 0 heterocycles. The van der Waals surface area contributed by atoms with Gasteiger partial charge < -0.3 is 10.5 Å². The number of nitrogens with two attached hydrogens (primary N) is 1. The van der Waals surface area contributed by atoms with Gasteiger partial charge in [-0.05, 0) is 73.7 Å². The number of rotatable bonds is 5. The molecule has 0 amide bonds. The maximum absolute atomic E-state index is 6.33. The van der Waals surface area contributed by atoms with Crippen molar-refractivity contribution < 1.29 is 4.74 Å². The molecule has 0 saturated carbocycles. The molecule has 112 valence electrons. The first-order valence-electron chi connectivity index (χ1n) is 6.65. The monoisotopic (exact) mass is 431 g/mol. The highest BCUT2D eigenvalue weighted by atomic mass is 79.9. The second-order valence-corrected chi connectivity index (χ2v) is 6.81. The van der Waals surface area contributed by atoms with E-state index < -0.39 is 0 Å². The summed E-state index contributed by atoms with van der Waals surface area (Å²) in [5, 5.41) is 0.676. The molecule has 0 aliphatic heterocycles. The van der Waals surface area contributed by atoms with E-state index >= 15 is 0 Å². The lowest BCUT2D eigenvalue weighted by atomic mass is 10.00. The second kappa shape index (κ2) is 7.63. The van der Waals surface area contributed by atoms with Crippen LogP contribution in [0.2, 0.25) is 5.02 Å². The zero-order valence-electron chi connectivity index (χ0n) is 11.6. The molecule has 1 atom stereocenters. The van der Waals surface area contributed by atoms with Crippen LogP contribution in [0.4, 0.5) is 0 Å². The van der Waals surface area contributed by atoms with Crippen molar-refractivity contribution >= 4 is 43.5 Å². The molecule has 0 aromatic heterocycles. The van der Waals surface area contributed by atoms with Gasteiger partial charge in [0, 0.05) is 4.47 Å². The minimum atomic E-state index is -0.213. The summed E-state index contributed by atoms with van der Waals surface area (Å²) in [4.78, 5) is 0. The van der Waals surface area contributed by atoms with Gasteiger partial charge in [0.05, 0.1) is 22.1 Å². The van der Waals surface area contributed by atoms with E-state index in [1.165, 1.54) is 0 Å². The SMILES string of the molecule is CCCOc1ccc(C(N)c2ccc(Cl)c(Br)c2)cc1Br. The first kappa shape index (κ1) is 16.8. The third kappa shape index (κ3) is 4.22. The molecule has 2 nitrogen and oxygen atoms in total. The van der Waals surface area contributed by atoms with Gasteiger partial charge >= 0.3 is 0 Å². The van der Waals surface area contributed by atoms with Gasteiger partial charge in [-0.1, -0.05) is 30.7 Å². The van der Waals surface area contributed by atoms with Crippen LogP contribution in [0, 0.1) is 0 Å². The maximum atomic E-state index is 6.33. The lowest BCUT2D eigenvalue weighted by Crippen LogP contribution is -2.12. The van der Waals surface area contributed by atoms with Gasteiger partial charge in [0.15, 0.2) is 0 Å². The van der Waals surface area contributed by atoms with Crippen LogP contribution in [-0.2, 0) is 0 Å². The molecule has 2 aromatic rings. The second-order valence-electron chi connectivity index (χ2n) is 4.69. The minimum absolute atomic E-state index is 0.213. The Morgan fingerprint density at radius 3 is 2.29 bits per heavy atom. The Hall–Kier alpha value is -0.550. The van der Waals surface area contributed by atoms with E-state index in [-0.39, 0.29) is 6.04 Å². The van der Waals surface area contributed by atoms with E-state index in [1.54, 1.807) is 0 Å². The summed E-state index contributed by atoms with van der Waals surface area (Å²) in [6, 6.07) is 11.4. The van der Waals surface area contributed by atoms with Crippen LogP contribution in [0.1, 0.15) is 30.5 Å². The van der Waals surface area contributed by atoms with Crippen molar-refractivity contribution in [2.24, 2.45) is 5.73 Å². The van der Waals surface area contributed by atoms with Gasteiger partial charge in [-0.15, -0.1) is 0 Å². The quantitative estimate of drug-likeness (QED) is 0.656. The summed E-state index contributed by atoms with van der Waals surface area (Å²) in [5.41, 5.74) is 8.34. The molecular formula is C16H16Br2ClNO. The normalized spacial score (nSPS) is 12.2. The molecule has 21 heavy (non-hydrogen) atoms. The van der Waals surface area contributed by atoms with Crippen LogP contribution in [0.15, 0.2) is 45.3 Å². The fraction of sp³-hybridized carbons (Fsp3) is 0.250. The largest absolute Gasteiger partial charge is 0.492 e. The molecule has 0 saturated heterocycles. The van der Waals surface area contributed by atoms with Gasteiger partial charge in [0.25, 0.3) is 0 Å². The van der Waals surface area contributed by atoms with Crippen molar-refractivity contribution in [2.75, 3.05) is 6.61 Å². The van der Waals surface area contributed by atoms with Crippen LogP contribution >= 0.6 is 43.5 Å². The van der Waals surface area contributed by atoms with Crippen molar-refractivity contribution in [3.8, 4) is 5.75 Å². The standard InChI is InChI=1S/C16H16Br2ClNO/c1-2-7-21-15-6-4-11(9-13(15)18)16(20)10-3-5-14(19)12(17)8-10/h3-6,8-9,16H,2,7,20H2,1H3. The fourth-order valence-electron chi connectivity index (χ4n) is 1.94. The number of ether oxygens (including phenoxy) is 1. The van der Waals surface area contributed by atoms with Crippen LogP contribution in [0.3, 0.4) is 0 Å². The number of benzene rings is 2. The molecule has 2 rings (SSSR count). The van der Waals surface area contributed by atoms with E-state index in [0.29, 0.717) is 11.6 Å². The summed E-state index contributed by atoms with van der Waals surface area (Å²) < 4.78 is 7.41. The van der Waals surface area contributed by atoms with Crippen molar-refractivity contribution in [1.82, 2.24) is 0 Å². The first-order valence-corrected chi connectivity index (χ1v) is 8.62. The van der Waals surface area contributed by atoms with Gasteiger partial charge in [-0.2, -0.15) is 0 Å². The fourth-order valence-corrected chi connectivity index (χ4v) is 2.96. The molecule has 5 heteroatoms. The molecule has 0 bridgehead atoms. The zero-order chi connectivity index (χ0) is 15.4. The molecule has 2 aromatic carbocycles. The highest BCUT2D eigenvalue weighted by molar-refractivity contribution is 9.10. The van der Waals surface area contributed by atoms with E-state index in [0.717, 1.165) is 32.2 Å². The molecule has 0 aliphatic rings. The van der Waals surface area contributed by atoms with Crippen LogP contribution in [0.5, 0.6) is 5.75 Å². The summed E-state index contributed by atoms with van der Waals surface area (Å²) in [6.07, 6.45) is 0.979. The maximum Gasteiger partial charge on any atom is 0.133 e. The first-order chi connectivity index (χ1) is 10.0. The van der Waals surface area contributed by atoms with Crippen LogP contribution in [0.25, 0.3) is 0 Å². The summed E-state index contributed by atoms with van der Waals surface area (Å²) in [7, 11) is 0. The van der Waals surface area contributed by atoms with Gasteiger partial charge in [0.2, 0.25) is 0 Å². The molecule has 0 aliphatic carbocycles. The van der Waals surface area contributed by atoms with Crippen molar-refractivity contribution in [3.63, 3.8) is 0 Å². The van der Waals surface area contributed by atoms with Crippen molar-refractivity contribution in [3.05, 3.63) is 61.5 Å². The summed E-state index contributed by atoms with van der Waals surface area (Å²) in [5.74, 6) is 0.838. The van der Waals surface area contributed by atoms with Gasteiger partial charge in [-0.3, -0.25) is 0 Å². The van der Waals surface area contributed by atoms with Gasteiger partial charge in [-0.25, -0.2) is 0 Å². The highest BCUT2D eigenvalue weighted by Gasteiger charge is 2.12. The Labute approximate surface area is 146 Å². The smallest absolute Gasteiger partial charge is 0.133 e. The third-order valence-corrected chi connectivity index (χ3v) is 4.91. The molecule has 0 spiro atoms. The van der Waals surface area contributed by atoms with Crippen molar-refractivity contribution in [2.45, 2.75) is 19.4 Å². The Bertz CT molecular complexity index is 634. The van der Waals surface area contributed by atoms with Crippen LogP contribution < -0.4 is 10.5 Å². The molecular weight excluding hydrogens is 417 g/mol. The Morgan fingerprint density at radius 1 is 1.10 bits per heavy atom. The zero-order valence-corrected chi connectivity index (χ0v) is 15.5. The van der Waals surface area contributed by atoms with Gasteiger partial charge in [0.1, 0.15) is 5.75 Å². The molecule has 0 fully saturated rings. The minimum Gasteiger partial charge on any atom is -0.492 e. The number of halogens is 3. The predicted octanol–water partition coefficient (Wildman–Crippen LogP) is 5.70. The highest BCUT2D eigenvalue weighted by Crippen LogP contribution is 2.32. The van der Waals surface area contributed by atoms with E-state index in [9.17, 15) is 0 Å². The lowest BCUT2D eigenvalue weighted by molar-refractivity contribution is 0.315. The molecule has 0 radical (unpaired) electrons. The molecule has 2 N–H and O–H groups in total. The Balaban J connectivity index is 2.24. The average molecular weight is 434 g/mol. The summed E-state index contributed by atoms with van der Waals surface area (Å²) >= 11 is 13.0. The van der Waals surface area contributed by atoms with Crippen LogP contribution in [-0.4, -0.2) is 6.61 Å². The topological polar surface area (TPSA) is 35.2 Å². The van der Waals surface area contributed by atoms with E-state index in [1.807, 2.05) is 36.4 Å². The number of hydrogen-bond donors (Lipinski definition) is 1. The Morgan fingerprint density at radius 2 is 1.71 bits per heavy atom. The summed E-state index contributed by atoms with van der Waals surface area (Å²) in [6.45, 7) is 2.78. The lowest BCUT2D eigenvalue weighted by Gasteiger charge is -2.15. The van der Waals surface area contributed by atoms with E-state index in [4.69, 9.17) is 22.1 Å². The molecule has 1 unspecified atom stereocenters. The van der Waals surface area contributed by atoms with E-state index in [2.05, 4.69) is 38.8 Å². The number of hydrogen-bond acceptors (Lipinski definition) is 2. The average Bonchev–Trinajstić information content (AvgIpc) is 2.48. The Kier molecular flexibility index (Phi) is 6.11. The third-order valence-electron chi connectivity index (χ3n) is 3.08. The van der Waals surface area contributed by atoms with Crippen molar-refractivity contribution in [1.29, 1.82) is 0 Å².